The summed E-state index contributed by atoms with van der Waals surface area (Å²) in [5, 5.41) is 0.485. The van der Waals surface area contributed by atoms with Crippen molar-refractivity contribution in [3.05, 3.63) is 87.9 Å². The molecule has 3 aromatic carbocycles. The van der Waals surface area contributed by atoms with Gasteiger partial charge in [0, 0.05) is 29.9 Å². The summed E-state index contributed by atoms with van der Waals surface area (Å²) in [5.74, 6) is -0.131. The van der Waals surface area contributed by atoms with Crippen LogP contribution in [-0.4, -0.2) is 27.9 Å². The third kappa shape index (κ3) is 4.12. The highest BCUT2D eigenvalue weighted by Gasteiger charge is 2.30. The summed E-state index contributed by atoms with van der Waals surface area (Å²) < 4.78 is 27.9. The van der Waals surface area contributed by atoms with Crippen LogP contribution in [0.15, 0.2) is 65.6 Å². The summed E-state index contributed by atoms with van der Waals surface area (Å²) in [6.07, 6.45) is 1.40. The molecule has 0 radical (unpaired) electrons. The fourth-order valence-electron chi connectivity index (χ4n) is 3.92. The van der Waals surface area contributed by atoms with Crippen molar-refractivity contribution >= 4 is 38.9 Å². The van der Waals surface area contributed by atoms with Crippen molar-refractivity contribution in [3.8, 4) is 0 Å². The number of fused-ring (bicyclic) bond motifs is 1. The Morgan fingerprint density at radius 1 is 0.969 bits per heavy atom. The van der Waals surface area contributed by atoms with Crippen molar-refractivity contribution < 1.29 is 13.2 Å². The molecular formula is C25H25ClN2O3S. The van der Waals surface area contributed by atoms with E-state index in [4.69, 9.17) is 11.6 Å². The molecule has 0 unspecified atom stereocenters. The van der Waals surface area contributed by atoms with Crippen molar-refractivity contribution in [3.63, 3.8) is 0 Å². The number of rotatable bonds is 4. The van der Waals surface area contributed by atoms with Gasteiger partial charge in [-0.3, -0.25) is 9.10 Å². The number of nitrogens with zero attached hydrogens (tertiary/aromatic N) is 2. The number of anilines is 2. The molecule has 166 valence electrons. The van der Waals surface area contributed by atoms with Crippen molar-refractivity contribution in [2.45, 2.75) is 31.6 Å². The summed E-state index contributed by atoms with van der Waals surface area (Å²) in [6.45, 7) is 4.45. The normalized spacial score (nSPS) is 13.6. The van der Waals surface area contributed by atoms with E-state index in [1.807, 2.05) is 38.1 Å². The Morgan fingerprint density at radius 2 is 1.69 bits per heavy atom. The van der Waals surface area contributed by atoms with Crippen LogP contribution in [0.5, 0.6) is 0 Å². The SMILES string of the molecule is Cc1ccc(N(C)C(=O)c2ccc3c(c2)CCCN3S(=O)(=O)c2ccc(Cl)cc2)cc1C. The van der Waals surface area contributed by atoms with E-state index in [9.17, 15) is 13.2 Å². The number of benzene rings is 3. The van der Waals surface area contributed by atoms with Gasteiger partial charge in [-0.15, -0.1) is 0 Å². The van der Waals surface area contributed by atoms with E-state index in [0.717, 1.165) is 23.2 Å². The first-order chi connectivity index (χ1) is 15.2. The van der Waals surface area contributed by atoms with Crippen LogP contribution in [0.25, 0.3) is 0 Å². The minimum Gasteiger partial charge on any atom is -0.311 e. The Labute approximate surface area is 194 Å². The van der Waals surface area contributed by atoms with Gasteiger partial charge < -0.3 is 4.90 Å². The molecule has 0 bridgehead atoms. The molecule has 4 rings (SSSR count). The Morgan fingerprint density at radius 3 is 2.38 bits per heavy atom. The highest BCUT2D eigenvalue weighted by Crippen LogP contribution is 2.33. The third-order valence-electron chi connectivity index (χ3n) is 5.99. The third-order valence-corrected chi connectivity index (χ3v) is 8.07. The number of hydrogen-bond donors (Lipinski definition) is 0. The number of halogens is 1. The lowest BCUT2D eigenvalue weighted by Gasteiger charge is -2.31. The van der Waals surface area contributed by atoms with Crippen LogP contribution in [0.3, 0.4) is 0 Å². The fraction of sp³-hybridized carbons (Fsp3) is 0.240. The molecule has 3 aromatic rings. The van der Waals surface area contributed by atoms with E-state index in [0.29, 0.717) is 29.2 Å². The predicted molar refractivity (Wildman–Crippen MR) is 129 cm³/mol. The summed E-state index contributed by atoms with van der Waals surface area (Å²) in [5.41, 5.74) is 5.13. The van der Waals surface area contributed by atoms with Crippen molar-refractivity contribution in [2.24, 2.45) is 0 Å². The van der Waals surface area contributed by atoms with E-state index >= 15 is 0 Å². The van der Waals surface area contributed by atoms with E-state index in [-0.39, 0.29) is 10.8 Å². The maximum atomic E-state index is 13.2. The molecule has 0 N–H and O–H groups in total. The molecule has 0 saturated carbocycles. The second kappa shape index (κ2) is 8.60. The Hall–Kier alpha value is -2.83. The van der Waals surface area contributed by atoms with Crippen LogP contribution >= 0.6 is 11.6 Å². The first-order valence-corrected chi connectivity index (χ1v) is 12.3. The predicted octanol–water partition coefficient (Wildman–Crippen LogP) is 5.37. The lowest BCUT2D eigenvalue weighted by Crippen LogP contribution is -2.35. The molecule has 1 aliphatic heterocycles. The van der Waals surface area contributed by atoms with E-state index in [1.54, 1.807) is 36.2 Å². The number of carbonyl (C=O) groups is 1. The van der Waals surface area contributed by atoms with Crippen LogP contribution < -0.4 is 9.21 Å². The van der Waals surface area contributed by atoms with E-state index in [2.05, 4.69) is 0 Å². The Kier molecular flexibility index (Phi) is 6.01. The molecular weight excluding hydrogens is 444 g/mol. The van der Waals surface area contributed by atoms with Gasteiger partial charge in [0.15, 0.2) is 0 Å². The number of aryl methyl sites for hydroxylation is 3. The molecule has 1 amide bonds. The summed E-state index contributed by atoms with van der Waals surface area (Å²) >= 11 is 5.92. The molecule has 0 fully saturated rings. The van der Waals surface area contributed by atoms with E-state index in [1.165, 1.54) is 22.0 Å². The van der Waals surface area contributed by atoms with Crippen LogP contribution in [-0.2, 0) is 16.4 Å². The van der Waals surface area contributed by atoms with Gasteiger partial charge in [0.2, 0.25) is 0 Å². The minimum atomic E-state index is -3.71. The second-order valence-corrected chi connectivity index (χ2v) is 10.4. The smallest absolute Gasteiger partial charge is 0.264 e. The lowest BCUT2D eigenvalue weighted by molar-refractivity contribution is 0.0993. The average Bonchev–Trinajstić information content (AvgIpc) is 2.79. The molecule has 7 heteroatoms. The first-order valence-electron chi connectivity index (χ1n) is 10.4. The van der Waals surface area contributed by atoms with Gasteiger partial charge in [0.05, 0.1) is 10.6 Å². The second-order valence-electron chi connectivity index (χ2n) is 8.11. The van der Waals surface area contributed by atoms with Crippen LogP contribution in [0.2, 0.25) is 5.02 Å². The molecule has 32 heavy (non-hydrogen) atoms. The monoisotopic (exact) mass is 468 g/mol. The summed E-state index contributed by atoms with van der Waals surface area (Å²) in [7, 11) is -1.96. The number of amides is 1. The fourth-order valence-corrected chi connectivity index (χ4v) is 5.59. The summed E-state index contributed by atoms with van der Waals surface area (Å²) in [6, 6.07) is 17.4. The Bertz CT molecular complexity index is 1290. The van der Waals surface area contributed by atoms with Gasteiger partial charge in [-0.1, -0.05) is 17.7 Å². The molecule has 0 aromatic heterocycles. The molecule has 0 atom stereocenters. The zero-order chi connectivity index (χ0) is 23.0. The quantitative estimate of drug-likeness (QED) is 0.516. The Balaban J connectivity index is 1.65. The van der Waals surface area contributed by atoms with Crippen LogP contribution in [0.1, 0.15) is 33.5 Å². The van der Waals surface area contributed by atoms with Gasteiger partial charge >= 0.3 is 0 Å². The minimum absolute atomic E-state index is 0.131. The van der Waals surface area contributed by atoms with Gasteiger partial charge in [-0.05, 0) is 98.0 Å². The number of carbonyl (C=O) groups excluding carboxylic acids is 1. The maximum absolute atomic E-state index is 13.2. The van der Waals surface area contributed by atoms with Crippen molar-refractivity contribution in [2.75, 3.05) is 22.8 Å². The number of sulfonamides is 1. The molecule has 5 nitrogen and oxygen atoms in total. The largest absolute Gasteiger partial charge is 0.311 e. The van der Waals surface area contributed by atoms with Gasteiger partial charge in [-0.2, -0.15) is 0 Å². The average molecular weight is 469 g/mol. The van der Waals surface area contributed by atoms with Gasteiger partial charge in [0.1, 0.15) is 0 Å². The molecule has 0 saturated heterocycles. The van der Waals surface area contributed by atoms with Gasteiger partial charge in [0.25, 0.3) is 15.9 Å². The van der Waals surface area contributed by atoms with Crippen LogP contribution in [0.4, 0.5) is 11.4 Å². The van der Waals surface area contributed by atoms with Crippen LogP contribution in [0, 0.1) is 13.8 Å². The topological polar surface area (TPSA) is 57.7 Å². The molecule has 1 heterocycles. The molecule has 0 aliphatic carbocycles. The zero-order valence-electron chi connectivity index (χ0n) is 18.3. The lowest BCUT2D eigenvalue weighted by atomic mass is 10.00. The van der Waals surface area contributed by atoms with Crippen molar-refractivity contribution in [1.29, 1.82) is 0 Å². The highest BCUT2D eigenvalue weighted by molar-refractivity contribution is 7.92. The zero-order valence-corrected chi connectivity index (χ0v) is 19.9. The highest BCUT2D eigenvalue weighted by atomic mass is 35.5. The number of hydrogen-bond acceptors (Lipinski definition) is 3. The first kappa shape index (κ1) is 22.4. The van der Waals surface area contributed by atoms with E-state index < -0.39 is 10.0 Å². The molecule has 0 spiro atoms. The van der Waals surface area contributed by atoms with Crippen molar-refractivity contribution in [1.82, 2.24) is 0 Å². The maximum Gasteiger partial charge on any atom is 0.264 e. The van der Waals surface area contributed by atoms with Gasteiger partial charge in [-0.25, -0.2) is 8.42 Å². The molecule has 1 aliphatic rings. The summed E-state index contributed by atoms with van der Waals surface area (Å²) in [4.78, 5) is 15.0. The standard InChI is InChI=1S/C25H25ClN2O3S/c1-17-6-10-22(15-18(17)2)27(3)25(29)20-7-13-24-19(16-20)5-4-14-28(24)32(30,31)23-11-8-21(26)9-12-23/h6-13,15-16H,4-5,14H2,1-3H3.